The van der Waals surface area contributed by atoms with Gasteiger partial charge in [-0.1, -0.05) is 5.16 Å². The van der Waals surface area contributed by atoms with E-state index in [1.807, 2.05) is 6.92 Å². The molecule has 0 saturated carbocycles. The van der Waals surface area contributed by atoms with Crippen LogP contribution in [0.3, 0.4) is 0 Å². The largest absolute Gasteiger partial charge is 0.339 e. The molecule has 0 aliphatic carbocycles. The second kappa shape index (κ2) is 3.87. The van der Waals surface area contributed by atoms with Crippen molar-refractivity contribution in [2.75, 3.05) is 13.1 Å². The van der Waals surface area contributed by atoms with Gasteiger partial charge in [-0.3, -0.25) is 0 Å². The van der Waals surface area contributed by atoms with Crippen molar-refractivity contribution < 1.29 is 4.52 Å². The van der Waals surface area contributed by atoms with Gasteiger partial charge in [0.25, 0.3) is 0 Å². The van der Waals surface area contributed by atoms with Gasteiger partial charge in [-0.05, 0) is 38.8 Å². The highest BCUT2D eigenvalue weighted by Crippen LogP contribution is 2.14. The maximum atomic E-state index is 5.04. The summed E-state index contributed by atoms with van der Waals surface area (Å²) in [5.74, 6) is 2.32. The third-order valence-electron chi connectivity index (χ3n) is 2.50. The number of hydrogen-bond acceptors (Lipinski definition) is 4. The van der Waals surface area contributed by atoms with Crippen LogP contribution in [0.4, 0.5) is 0 Å². The van der Waals surface area contributed by atoms with Gasteiger partial charge in [-0.25, -0.2) is 0 Å². The molecule has 1 aromatic heterocycles. The van der Waals surface area contributed by atoms with Gasteiger partial charge in [0.1, 0.15) is 0 Å². The predicted molar refractivity (Wildman–Crippen MR) is 48.3 cm³/mol. The molecule has 1 unspecified atom stereocenters. The Morgan fingerprint density at radius 3 is 3.15 bits per heavy atom. The zero-order chi connectivity index (χ0) is 9.10. The second-order valence-corrected chi connectivity index (χ2v) is 3.63. The average molecular weight is 181 g/mol. The molecule has 4 nitrogen and oxygen atoms in total. The third kappa shape index (κ3) is 2.28. The van der Waals surface area contributed by atoms with Crippen LogP contribution in [-0.2, 0) is 6.42 Å². The number of aryl methyl sites for hydroxylation is 2. The molecule has 0 radical (unpaired) electrons. The average Bonchev–Trinajstić information content (AvgIpc) is 2.71. The molecule has 0 spiro atoms. The molecule has 1 aliphatic heterocycles. The summed E-state index contributed by atoms with van der Waals surface area (Å²) in [6, 6.07) is 0. The first-order valence-electron chi connectivity index (χ1n) is 4.84. The maximum absolute atomic E-state index is 5.04. The van der Waals surface area contributed by atoms with E-state index in [4.69, 9.17) is 4.52 Å². The summed E-state index contributed by atoms with van der Waals surface area (Å²) >= 11 is 0. The van der Waals surface area contributed by atoms with Crippen molar-refractivity contribution in [3.05, 3.63) is 11.7 Å². The summed E-state index contributed by atoms with van der Waals surface area (Å²) in [4.78, 5) is 4.17. The molecule has 1 atom stereocenters. The lowest BCUT2D eigenvalue weighted by atomic mass is 10.0. The number of hydrogen-bond donors (Lipinski definition) is 1. The van der Waals surface area contributed by atoms with Crippen molar-refractivity contribution in [2.45, 2.75) is 26.2 Å². The van der Waals surface area contributed by atoms with Crippen LogP contribution < -0.4 is 5.32 Å². The highest BCUT2D eigenvalue weighted by molar-refractivity contribution is 4.84. The Morgan fingerprint density at radius 2 is 2.54 bits per heavy atom. The molecule has 0 aromatic carbocycles. The SMILES string of the molecule is Cc1noc(CCC2CCNC2)n1. The number of nitrogens with one attached hydrogen (secondary N) is 1. The maximum Gasteiger partial charge on any atom is 0.226 e. The summed E-state index contributed by atoms with van der Waals surface area (Å²) in [5.41, 5.74) is 0. The fourth-order valence-corrected chi connectivity index (χ4v) is 1.73. The van der Waals surface area contributed by atoms with Crippen molar-refractivity contribution in [2.24, 2.45) is 5.92 Å². The zero-order valence-electron chi connectivity index (χ0n) is 7.92. The fourth-order valence-electron chi connectivity index (χ4n) is 1.73. The first-order chi connectivity index (χ1) is 6.34. The quantitative estimate of drug-likeness (QED) is 0.753. The Kier molecular flexibility index (Phi) is 2.59. The van der Waals surface area contributed by atoms with E-state index in [0.717, 1.165) is 43.6 Å². The third-order valence-corrected chi connectivity index (χ3v) is 2.50. The van der Waals surface area contributed by atoms with E-state index in [9.17, 15) is 0 Å². The molecule has 1 N–H and O–H groups in total. The molecule has 2 heterocycles. The van der Waals surface area contributed by atoms with Gasteiger partial charge < -0.3 is 9.84 Å². The topological polar surface area (TPSA) is 51.0 Å². The van der Waals surface area contributed by atoms with Crippen molar-refractivity contribution in [3.8, 4) is 0 Å². The minimum atomic E-state index is 0.736. The van der Waals surface area contributed by atoms with Gasteiger partial charge in [-0.2, -0.15) is 4.98 Å². The molecule has 1 aromatic rings. The predicted octanol–water partition coefficient (Wildman–Crippen LogP) is 0.920. The minimum Gasteiger partial charge on any atom is -0.339 e. The number of aromatic nitrogens is 2. The lowest BCUT2D eigenvalue weighted by Gasteiger charge is -2.03. The molecule has 1 aliphatic rings. The van der Waals surface area contributed by atoms with Crippen LogP contribution in [0.25, 0.3) is 0 Å². The molecule has 4 heteroatoms. The van der Waals surface area contributed by atoms with Crippen LogP contribution in [0.5, 0.6) is 0 Å². The van der Waals surface area contributed by atoms with E-state index in [1.54, 1.807) is 0 Å². The molecule has 1 saturated heterocycles. The first-order valence-corrected chi connectivity index (χ1v) is 4.84. The Hall–Kier alpha value is -0.900. The van der Waals surface area contributed by atoms with Crippen molar-refractivity contribution in [3.63, 3.8) is 0 Å². The standard InChI is InChI=1S/C9H15N3O/c1-7-11-9(13-12-7)3-2-8-4-5-10-6-8/h8,10H,2-6H2,1H3. The Bertz CT molecular complexity index is 266. The van der Waals surface area contributed by atoms with Crippen LogP contribution in [0, 0.1) is 12.8 Å². The summed E-state index contributed by atoms with van der Waals surface area (Å²) in [7, 11) is 0. The van der Waals surface area contributed by atoms with Gasteiger partial charge in [0, 0.05) is 6.42 Å². The highest BCUT2D eigenvalue weighted by Gasteiger charge is 2.15. The van der Waals surface area contributed by atoms with Crippen LogP contribution in [-0.4, -0.2) is 23.2 Å². The molecule has 0 amide bonds. The van der Waals surface area contributed by atoms with E-state index in [-0.39, 0.29) is 0 Å². The fraction of sp³-hybridized carbons (Fsp3) is 0.778. The Labute approximate surface area is 77.7 Å². The van der Waals surface area contributed by atoms with E-state index in [2.05, 4.69) is 15.5 Å². The molecule has 2 rings (SSSR count). The molecule has 13 heavy (non-hydrogen) atoms. The molecule has 1 fully saturated rings. The second-order valence-electron chi connectivity index (χ2n) is 3.63. The van der Waals surface area contributed by atoms with Crippen LogP contribution in [0.2, 0.25) is 0 Å². The summed E-state index contributed by atoms with van der Waals surface area (Å²) < 4.78 is 5.04. The monoisotopic (exact) mass is 181 g/mol. The van der Waals surface area contributed by atoms with Crippen molar-refractivity contribution >= 4 is 0 Å². The van der Waals surface area contributed by atoms with Crippen molar-refractivity contribution in [1.82, 2.24) is 15.5 Å². The molecular weight excluding hydrogens is 166 g/mol. The lowest BCUT2D eigenvalue weighted by Crippen LogP contribution is -2.09. The Morgan fingerprint density at radius 1 is 1.62 bits per heavy atom. The summed E-state index contributed by atoms with van der Waals surface area (Å²) in [5, 5.41) is 7.11. The summed E-state index contributed by atoms with van der Waals surface area (Å²) in [6.07, 6.45) is 3.37. The van der Waals surface area contributed by atoms with Crippen molar-refractivity contribution in [1.29, 1.82) is 0 Å². The minimum absolute atomic E-state index is 0.736. The van der Waals surface area contributed by atoms with E-state index in [0.29, 0.717) is 0 Å². The number of nitrogens with zero attached hydrogens (tertiary/aromatic N) is 2. The molecular formula is C9H15N3O. The number of rotatable bonds is 3. The summed E-state index contributed by atoms with van der Waals surface area (Å²) in [6.45, 7) is 4.16. The van der Waals surface area contributed by atoms with Crippen LogP contribution in [0.15, 0.2) is 4.52 Å². The van der Waals surface area contributed by atoms with Gasteiger partial charge in [0.05, 0.1) is 0 Å². The van der Waals surface area contributed by atoms with Gasteiger partial charge in [0.15, 0.2) is 5.82 Å². The van der Waals surface area contributed by atoms with E-state index in [1.165, 1.54) is 6.42 Å². The Balaban J connectivity index is 1.78. The highest BCUT2D eigenvalue weighted by atomic mass is 16.5. The van der Waals surface area contributed by atoms with Gasteiger partial charge >= 0.3 is 0 Å². The first kappa shape index (κ1) is 8.69. The molecule has 72 valence electrons. The van der Waals surface area contributed by atoms with Gasteiger partial charge in [-0.15, -0.1) is 0 Å². The molecule has 0 bridgehead atoms. The van der Waals surface area contributed by atoms with Gasteiger partial charge in [0.2, 0.25) is 5.89 Å². The normalized spacial score (nSPS) is 22.4. The van der Waals surface area contributed by atoms with Crippen LogP contribution >= 0.6 is 0 Å². The van der Waals surface area contributed by atoms with E-state index >= 15 is 0 Å². The zero-order valence-corrected chi connectivity index (χ0v) is 7.92. The van der Waals surface area contributed by atoms with E-state index < -0.39 is 0 Å². The smallest absolute Gasteiger partial charge is 0.226 e. The lowest BCUT2D eigenvalue weighted by molar-refractivity contribution is 0.362. The van der Waals surface area contributed by atoms with Crippen LogP contribution in [0.1, 0.15) is 24.6 Å².